The molecule has 0 aliphatic carbocycles. The molecule has 6 nitrogen and oxygen atoms in total. The number of aryl methyl sites for hydroxylation is 2. The van der Waals surface area contributed by atoms with Gasteiger partial charge in [-0.1, -0.05) is 0 Å². The summed E-state index contributed by atoms with van der Waals surface area (Å²) in [7, 11) is 1.79. The van der Waals surface area contributed by atoms with Crippen molar-refractivity contribution >= 4 is 5.97 Å². The van der Waals surface area contributed by atoms with Crippen LogP contribution in [0, 0.1) is 0 Å². The average Bonchev–Trinajstić information content (AvgIpc) is 2.96. The number of esters is 1. The minimum Gasteiger partial charge on any atom is -0.460 e. The summed E-state index contributed by atoms with van der Waals surface area (Å²) in [6.45, 7) is 2.96. The van der Waals surface area contributed by atoms with E-state index >= 15 is 0 Å². The second-order valence-corrected chi connectivity index (χ2v) is 4.37. The number of aromatic nitrogens is 3. The molecule has 0 radical (unpaired) electrons. The number of nitrogens with zero attached hydrogens (tertiary/aromatic N) is 3. The first-order valence-electron chi connectivity index (χ1n) is 6.39. The molecule has 2 heterocycles. The Morgan fingerprint density at radius 2 is 2.44 bits per heavy atom. The zero-order valence-electron chi connectivity index (χ0n) is 10.9. The van der Waals surface area contributed by atoms with Crippen molar-refractivity contribution in [2.75, 3.05) is 13.2 Å². The van der Waals surface area contributed by atoms with Crippen molar-refractivity contribution in [2.24, 2.45) is 7.05 Å². The van der Waals surface area contributed by atoms with Crippen molar-refractivity contribution in [3.05, 3.63) is 11.6 Å². The quantitative estimate of drug-likeness (QED) is 0.735. The minimum atomic E-state index is -0.462. The molecule has 1 aliphatic rings. The lowest BCUT2D eigenvalue weighted by Gasteiger charge is -2.07. The Morgan fingerprint density at radius 1 is 1.61 bits per heavy atom. The van der Waals surface area contributed by atoms with Gasteiger partial charge in [-0.15, -0.1) is 5.10 Å². The van der Waals surface area contributed by atoms with Gasteiger partial charge in [0, 0.05) is 20.1 Å². The van der Waals surface area contributed by atoms with E-state index in [0.29, 0.717) is 12.7 Å². The highest BCUT2D eigenvalue weighted by atomic mass is 16.5. The highest BCUT2D eigenvalue weighted by molar-refractivity contribution is 5.84. The molecule has 0 aromatic carbocycles. The number of rotatable bonds is 5. The SMILES string of the molecule is CCOC(=O)c1nc(CCC2CCCO2)n(C)n1. The molecule has 1 aromatic rings. The zero-order chi connectivity index (χ0) is 13.0. The second kappa shape index (κ2) is 5.95. The van der Waals surface area contributed by atoms with Crippen molar-refractivity contribution in [2.45, 2.75) is 38.7 Å². The summed E-state index contributed by atoms with van der Waals surface area (Å²) in [6, 6.07) is 0. The second-order valence-electron chi connectivity index (χ2n) is 4.37. The van der Waals surface area contributed by atoms with E-state index in [0.717, 1.165) is 38.1 Å². The molecule has 1 atom stereocenters. The molecule has 1 unspecified atom stereocenters. The number of carbonyl (C=O) groups is 1. The van der Waals surface area contributed by atoms with E-state index in [1.165, 1.54) is 0 Å². The largest absolute Gasteiger partial charge is 0.460 e. The highest BCUT2D eigenvalue weighted by Crippen LogP contribution is 2.17. The highest BCUT2D eigenvalue weighted by Gasteiger charge is 2.19. The normalized spacial score (nSPS) is 19.1. The molecule has 0 N–H and O–H groups in total. The Hall–Kier alpha value is -1.43. The average molecular weight is 253 g/mol. The van der Waals surface area contributed by atoms with E-state index < -0.39 is 5.97 Å². The molecule has 0 amide bonds. The van der Waals surface area contributed by atoms with Gasteiger partial charge in [-0.2, -0.15) is 0 Å². The predicted molar refractivity (Wildman–Crippen MR) is 64.3 cm³/mol. The smallest absolute Gasteiger partial charge is 0.378 e. The van der Waals surface area contributed by atoms with Crippen LogP contribution in [0.25, 0.3) is 0 Å². The molecule has 0 spiro atoms. The third-order valence-corrected chi connectivity index (χ3v) is 3.03. The molecule has 0 bridgehead atoms. The maximum atomic E-state index is 11.5. The van der Waals surface area contributed by atoms with Gasteiger partial charge in [-0.05, 0) is 26.2 Å². The van der Waals surface area contributed by atoms with Crippen LogP contribution in [0.4, 0.5) is 0 Å². The fourth-order valence-corrected chi connectivity index (χ4v) is 2.08. The van der Waals surface area contributed by atoms with Crippen molar-refractivity contribution in [3.63, 3.8) is 0 Å². The first-order valence-corrected chi connectivity index (χ1v) is 6.39. The van der Waals surface area contributed by atoms with Crippen molar-refractivity contribution in [3.8, 4) is 0 Å². The molecule has 0 saturated carbocycles. The van der Waals surface area contributed by atoms with Crippen LogP contribution < -0.4 is 0 Å². The molecule has 6 heteroatoms. The van der Waals surface area contributed by atoms with Gasteiger partial charge in [0.15, 0.2) is 0 Å². The number of carbonyl (C=O) groups excluding carboxylic acids is 1. The van der Waals surface area contributed by atoms with Crippen LogP contribution in [0.3, 0.4) is 0 Å². The van der Waals surface area contributed by atoms with Crippen LogP contribution >= 0.6 is 0 Å². The van der Waals surface area contributed by atoms with E-state index in [1.807, 2.05) is 0 Å². The first-order chi connectivity index (χ1) is 8.70. The number of ether oxygens (including phenoxy) is 2. The summed E-state index contributed by atoms with van der Waals surface area (Å²) in [5.74, 6) is 0.478. The summed E-state index contributed by atoms with van der Waals surface area (Å²) in [5, 5.41) is 4.06. The zero-order valence-corrected chi connectivity index (χ0v) is 10.9. The van der Waals surface area contributed by atoms with Crippen LogP contribution in [0.5, 0.6) is 0 Å². The van der Waals surface area contributed by atoms with Gasteiger partial charge < -0.3 is 9.47 Å². The molecule has 100 valence electrons. The van der Waals surface area contributed by atoms with Gasteiger partial charge in [-0.25, -0.2) is 9.78 Å². The maximum absolute atomic E-state index is 11.5. The van der Waals surface area contributed by atoms with E-state index in [9.17, 15) is 4.79 Å². The van der Waals surface area contributed by atoms with Crippen LogP contribution in [-0.4, -0.2) is 40.1 Å². The summed E-state index contributed by atoms with van der Waals surface area (Å²) < 4.78 is 12.1. The van der Waals surface area contributed by atoms with Gasteiger partial charge >= 0.3 is 5.97 Å². The summed E-state index contributed by atoms with van der Waals surface area (Å²) in [6.07, 6.45) is 4.27. The lowest BCUT2D eigenvalue weighted by molar-refractivity contribution is 0.0512. The monoisotopic (exact) mass is 253 g/mol. The lowest BCUT2D eigenvalue weighted by atomic mass is 10.1. The van der Waals surface area contributed by atoms with Crippen molar-refractivity contribution in [1.29, 1.82) is 0 Å². The molecular weight excluding hydrogens is 234 g/mol. The number of hydrogen-bond donors (Lipinski definition) is 0. The Bertz CT molecular complexity index is 411. The van der Waals surface area contributed by atoms with E-state index in [1.54, 1.807) is 18.7 Å². The van der Waals surface area contributed by atoms with Gasteiger partial charge in [0.2, 0.25) is 0 Å². The molecule has 2 rings (SSSR count). The van der Waals surface area contributed by atoms with Crippen LogP contribution in [0.2, 0.25) is 0 Å². The molecular formula is C12H19N3O3. The van der Waals surface area contributed by atoms with Gasteiger partial charge in [-0.3, -0.25) is 4.68 Å². The lowest BCUT2D eigenvalue weighted by Crippen LogP contribution is -2.09. The standard InChI is InChI=1S/C12H19N3O3/c1-3-17-12(16)11-13-10(15(2)14-11)7-6-9-5-4-8-18-9/h9H,3-8H2,1-2H3. The molecule has 1 aromatic heterocycles. The maximum Gasteiger partial charge on any atom is 0.378 e. The summed E-state index contributed by atoms with van der Waals surface area (Å²) in [4.78, 5) is 15.7. The van der Waals surface area contributed by atoms with Gasteiger partial charge in [0.25, 0.3) is 5.82 Å². The van der Waals surface area contributed by atoms with E-state index in [2.05, 4.69) is 10.1 Å². The Kier molecular flexibility index (Phi) is 4.30. The molecule has 18 heavy (non-hydrogen) atoms. The van der Waals surface area contributed by atoms with Gasteiger partial charge in [0.1, 0.15) is 5.82 Å². The fourth-order valence-electron chi connectivity index (χ4n) is 2.08. The molecule has 1 fully saturated rings. The van der Waals surface area contributed by atoms with Crippen LogP contribution in [0.15, 0.2) is 0 Å². The van der Waals surface area contributed by atoms with Crippen molar-refractivity contribution in [1.82, 2.24) is 14.8 Å². The first kappa shape index (κ1) is 13.0. The van der Waals surface area contributed by atoms with Gasteiger partial charge in [0.05, 0.1) is 12.7 Å². The molecule has 1 aliphatic heterocycles. The summed E-state index contributed by atoms with van der Waals surface area (Å²) in [5.41, 5.74) is 0. The van der Waals surface area contributed by atoms with Crippen LogP contribution in [0.1, 0.15) is 42.6 Å². The summed E-state index contributed by atoms with van der Waals surface area (Å²) >= 11 is 0. The fraction of sp³-hybridized carbons (Fsp3) is 0.750. The topological polar surface area (TPSA) is 66.2 Å². The Labute approximate surface area is 106 Å². The number of hydrogen-bond acceptors (Lipinski definition) is 5. The third kappa shape index (κ3) is 3.07. The third-order valence-electron chi connectivity index (χ3n) is 3.03. The van der Waals surface area contributed by atoms with E-state index in [4.69, 9.17) is 9.47 Å². The Morgan fingerprint density at radius 3 is 3.11 bits per heavy atom. The predicted octanol–water partition coefficient (Wildman–Crippen LogP) is 1.10. The molecule has 1 saturated heterocycles. The van der Waals surface area contributed by atoms with Crippen LogP contribution in [-0.2, 0) is 22.9 Å². The Balaban J connectivity index is 1.93. The minimum absolute atomic E-state index is 0.140. The van der Waals surface area contributed by atoms with Crippen molar-refractivity contribution < 1.29 is 14.3 Å². The van der Waals surface area contributed by atoms with E-state index in [-0.39, 0.29) is 5.82 Å².